The van der Waals surface area contributed by atoms with E-state index in [1.807, 2.05) is 0 Å². The van der Waals surface area contributed by atoms with Crippen LogP contribution in [-0.2, 0) is 9.53 Å². The molecule has 0 aliphatic rings. The number of rotatable bonds is 22. The summed E-state index contributed by atoms with van der Waals surface area (Å²) in [6.07, 6.45) is 27.5. The van der Waals surface area contributed by atoms with Crippen molar-refractivity contribution in [1.29, 1.82) is 0 Å². The molecule has 0 aliphatic heterocycles. The van der Waals surface area contributed by atoms with Gasteiger partial charge in [0.1, 0.15) is 0 Å². The Morgan fingerprint density at radius 1 is 0.643 bits per heavy atom. The molecule has 0 saturated heterocycles. The predicted molar refractivity (Wildman–Crippen MR) is 124 cm³/mol. The van der Waals surface area contributed by atoms with E-state index in [0.717, 1.165) is 12.3 Å². The molecular weight excluding hydrogens is 344 g/mol. The monoisotopic (exact) mass is 394 g/mol. The molecule has 0 amide bonds. The van der Waals surface area contributed by atoms with Crippen LogP contribution in [0, 0.1) is 5.92 Å². The number of unbranched alkanes of at least 4 members (excludes halogenated alkanes) is 17. The zero-order chi connectivity index (χ0) is 20.7. The summed E-state index contributed by atoms with van der Waals surface area (Å²) in [5, 5.41) is 0. The van der Waals surface area contributed by atoms with Crippen LogP contribution in [0.1, 0.15) is 136 Å². The summed E-state index contributed by atoms with van der Waals surface area (Å²) in [5.41, 5.74) is 0. The van der Waals surface area contributed by atoms with Crippen LogP contribution in [-0.4, -0.2) is 12.6 Å². The molecule has 0 saturated carbocycles. The van der Waals surface area contributed by atoms with E-state index >= 15 is 0 Å². The van der Waals surface area contributed by atoms with Crippen LogP contribution in [0.3, 0.4) is 0 Å². The first-order valence-electron chi connectivity index (χ1n) is 12.5. The summed E-state index contributed by atoms with van der Waals surface area (Å²) in [4.78, 5) is 10.9. The minimum absolute atomic E-state index is 0.299. The van der Waals surface area contributed by atoms with E-state index in [1.165, 1.54) is 122 Å². The molecule has 0 N–H and O–H groups in total. The molecule has 166 valence electrons. The number of esters is 1. The molecule has 0 aliphatic carbocycles. The molecule has 0 aromatic heterocycles. The van der Waals surface area contributed by atoms with Gasteiger partial charge in [-0.1, -0.05) is 136 Å². The normalized spacial score (nSPS) is 11.1. The van der Waals surface area contributed by atoms with Crippen molar-refractivity contribution in [2.45, 2.75) is 136 Å². The Hall–Kier alpha value is -0.790. The molecule has 2 heteroatoms. The Kier molecular flexibility index (Phi) is 21.9. The topological polar surface area (TPSA) is 26.3 Å². The summed E-state index contributed by atoms with van der Waals surface area (Å²) in [7, 11) is 0. The highest BCUT2D eigenvalue weighted by atomic mass is 16.5. The molecule has 0 aromatic carbocycles. The van der Waals surface area contributed by atoms with Crippen molar-refractivity contribution in [3.8, 4) is 0 Å². The van der Waals surface area contributed by atoms with Gasteiger partial charge in [-0.05, 0) is 12.3 Å². The third kappa shape index (κ3) is 23.2. The highest BCUT2D eigenvalue weighted by molar-refractivity contribution is 5.81. The summed E-state index contributed by atoms with van der Waals surface area (Å²) in [6, 6.07) is 0. The lowest BCUT2D eigenvalue weighted by atomic mass is 10.0. The van der Waals surface area contributed by atoms with Crippen LogP contribution in [0.5, 0.6) is 0 Å². The predicted octanol–water partition coefficient (Wildman–Crippen LogP) is 8.78. The van der Waals surface area contributed by atoms with E-state index < -0.39 is 0 Å². The van der Waals surface area contributed by atoms with Gasteiger partial charge < -0.3 is 4.74 Å². The lowest BCUT2D eigenvalue weighted by Gasteiger charge is -2.05. The summed E-state index contributed by atoms with van der Waals surface area (Å²) < 4.78 is 4.97. The van der Waals surface area contributed by atoms with Crippen LogP contribution >= 0.6 is 0 Å². The summed E-state index contributed by atoms with van der Waals surface area (Å²) in [5.74, 6) is 0.583. The third-order valence-electron chi connectivity index (χ3n) is 5.59. The summed E-state index contributed by atoms with van der Waals surface area (Å²) in [6.45, 7) is 8.60. The second-order valence-electron chi connectivity index (χ2n) is 8.92. The first kappa shape index (κ1) is 27.2. The van der Waals surface area contributed by atoms with Gasteiger partial charge in [-0.25, -0.2) is 4.79 Å². The van der Waals surface area contributed by atoms with Gasteiger partial charge in [-0.3, -0.25) is 0 Å². The SMILES string of the molecule is C=CC(=O)OCCCCCCCCCCCCCCCCCCCCC(C)C. The largest absolute Gasteiger partial charge is 0.463 e. The Morgan fingerprint density at radius 3 is 1.29 bits per heavy atom. The summed E-state index contributed by atoms with van der Waals surface area (Å²) >= 11 is 0. The minimum Gasteiger partial charge on any atom is -0.463 e. The molecular formula is C26H50O2. The highest BCUT2D eigenvalue weighted by Gasteiger charge is 1.97. The van der Waals surface area contributed by atoms with Gasteiger partial charge in [0.2, 0.25) is 0 Å². The minimum atomic E-state index is -0.299. The Labute approximate surface area is 176 Å². The average molecular weight is 395 g/mol. The fourth-order valence-electron chi connectivity index (χ4n) is 3.71. The van der Waals surface area contributed by atoms with Crippen LogP contribution in [0.15, 0.2) is 12.7 Å². The van der Waals surface area contributed by atoms with Gasteiger partial charge in [0.05, 0.1) is 6.61 Å². The molecule has 0 aromatic rings. The molecule has 0 bridgehead atoms. The lowest BCUT2D eigenvalue weighted by molar-refractivity contribution is -0.137. The standard InChI is InChI=1S/C26H50O2/c1-4-26(27)28-24-22-20-18-16-14-12-10-8-6-5-7-9-11-13-15-17-19-21-23-25(2)3/h4,25H,1,5-24H2,2-3H3. The molecule has 0 unspecified atom stereocenters. The number of carbonyl (C=O) groups is 1. The van der Waals surface area contributed by atoms with Gasteiger partial charge in [0.25, 0.3) is 0 Å². The number of carbonyl (C=O) groups excluding carboxylic acids is 1. The van der Waals surface area contributed by atoms with Gasteiger partial charge in [-0.2, -0.15) is 0 Å². The van der Waals surface area contributed by atoms with Crippen molar-refractivity contribution < 1.29 is 9.53 Å². The van der Waals surface area contributed by atoms with Gasteiger partial charge in [0.15, 0.2) is 0 Å². The molecule has 0 spiro atoms. The van der Waals surface area contributed by atoms with E-state index in [0.29, 0.717) is 6.61 Å². The van der Waals surface area contributed by atoms with Crippen LogP contribution in [0.2, 0.25) is 0 Å². The second-order valence-corrected chi connectivity index (χ2v) is 8.92. The zero-order valence-corrected chi connectivity index (χ0v) is 19.3. The molecule has 0 fully saturated rings. The van der Waals surface area contributed by atoms with Gasteiger partial charge >= 0.3 is 5.97 Å². The molecule has 28 heavy (non-hydrogen) atoms. The Balaban J connectivity index is 3.03. The van der Waals surface area contributed by atoms with Crippen molar-refractivity contribution in [2.75, 3.05) is 6.61 Å². The van der Waals surface area contributed by atoms with Crippen molar-refractivity contribution in [1.82, 2.24) is 0 Å². The smallest absolute Gasteiger partial charge is 0.330 e. The van der Waals surface area contributed by atoms with Crippen LogP contribution < -0.4 is 0 Å². The Morgan fingerprint density at radius 2 is 0.964 bits per heavy atom. The number of ether oxygens (including phenoxy) is 1. The fourth-order valence-corrected chi connectivity index (χ4v) is 3.71. The maximum atomic E-state index is 10.9. The molecule has 0 rings (SSSR count). The lowest BCUT2D eigenvalue weighted by Crippen LogP contribution is -2.01. The Bertz CT molecular complexity index is 335. The second kappa shape index (κ2) is 22.5. The van der Waals surface area contributed by atoms with E-state index in [-0.39, 0.29) is 5.97 Å². The van der Waals surface area contributed by atoms with E-state index in [4.69, 9.17) is 4.74 Å². The molecule has 0 radical (unpaired) electrons. The van der Waals surface area contributed by atoms with Gasteiger partial charge in [0, 0.05) is 6.08 Å². The number of hydrogen-bond acceptors (Lipinski definition) is 2. The maximum Gasteiger partial charge on any atom is 0.330 e. The number of hydrogen-bond donors (Lipinski definition) is 0. The van der Waals surface area contributed by atoms with E-state index in [1.54, 1.807) is 0 Å². The van der Waals surface area contributed by atoms with E-state index in [2.05, 4.69) is 20.4 Å². The van der Waals surface area contributed by atoms with Crippen LogP contribution in [0.25, 0.3) is 0 Å². The quantitative estimate of drug-likeness (QED) is 0.104. The zero-order valence-electron chi connectivity index (χ0n) is 19.3. The first-order chi connectivity index (χ1) is 13.7. The van der Waals surface area contributed by atoms with Gasteiger partial charge in [-0.15, -0.1) is 0 Å². The first-order valence-corrected chi connectivity index (χ1v) is 12.5. The molecule has 2 nitrogen and oxygen atoms in total. The average Bonchev–Trinajstić information content (AvgIpc) is 2.68. The third-order valence-corrected chi connectivity index (χ3v) is 5.59. The van der Waals surface area contributed by atoms with Crippen molar-refractivity contribution in [2.24, 2.45) is 5.92 Å². The fraction of sp³-hybridized carbons (Fsp3) is 0.885. The van der Waals surface area contributed by atoms with Crippen molar-refractivity contribution in [3.63, 3.8) is 0 Å². The highest BCUT2D eigenvalue weighted by Crippen LogP contribution is 2.15. The van der Waals surface area contributed by atoms with Crippen molar-refractivity contribution >= 4 is 5.97 Å². The maximum absolute atomic E-state index is 10.9. The van der Waals surface area contributed by atoms with E-state index in [9.17, 15) is 4.79 Å². The van der Waals surface area contributed by atoms with Crippen LogP contribution in [0.4, 0.5) is 0 Å². The molecule has 0 heterocycles. The molecule has 0 atom stereocenters. The van der Waals surface area contributed by atoms with Crippen molar-refractivity contribution in [3.05, 3.63) is 12.7 Å².